The van der Waals surface area contributed by atoms with Gasteiger partial charge in [0.25, 0.3) is 5.91 Å². The molecule has 0 heterocycles. The third kappa shape index (κ3) is 4.24. The first kappa shape index (κ1) is 15.4. The largest absolute Gasteiger partial charge is 0.379 e. The van der Waals surface area contributed by atoms with Gasteiger partial charge in [-0.3, -0.25) is 4.79 Å². The van der Waals surface area contributed by atoms with E-state index in [1.807, 2.05) is 24.3 Å². The molecule has 0 aliphatic heterocycles. The molecule has 0 spiro atoms. The molecule has 1 rings (SSSR count). The minimum absolute atomic E-state index is 0.00261. The highest BCUT2D eigenvalue weighted by molar-refractivity contribution is 14.1. The summed E-state index contributed by atoms with van der Waals surface area (Å²) >= 11 is 2.17. The molecule has 1 atom stereocenters. The van der Waals surface area contributed by atoms with Crippen LogP contribution in [0.1, 0.15) is 31.1 Å². The van der Waals surface area contributed by atoms with Gasteiger partial charge in [0.1, 0.15) is 0 Å². The van der Waals surface area contributed by atoms with Gasteiger partial charge in [0.15, 0.2) is 0 Å². The average molecular weight is 361 g/mol. The Morgan fingerprint density at radius 1 is 1.39 bits per heavy atom. The van der Waals surface area contributed by atoms with Crippen LogP contribution in [-0.4, -0.2) is 25.7 Å². The van der Waals surface area contributed by atoms with Crippen molar-refractivity contribution in [3.63, 3.8) is 0 Å². The van der Waals surface area contributed by atoms with Gasteiger partial charge >= 0.3 is 0 Å². The molecule has 1 aromatic rings. The first-order valence-corrected chi connectivity index (χ1v) is 6.99. The van der Waals surface area contributed by atoms with E-state index in [0.29, 0.717) is 12.1 Å². The lowest BCUT2D eigenvalue weighted by Gasteiger charge is -2.29. The standard InChI is InChI=1S/C14H20INO2/c1-14(2,3)12(18-4)9-16-13(17)10-7-5-6-8-11(10)15/h5-8,12H,9H2,1-4H3,(H,16,17)/t12-/m1/s1. The Kier molecular flexibility index (Phi) is 5.59. The van der Waals surface area contributed by atoms with Crippen LogP contribution in [0.25, 0.3) is 0 Å². The van der Waals surface area contributed by atoms with Gasteiger partial charge in [0.05, 0.1) is 11.7 Å². The zero-order valence-corrected chi connectivity index (χ0v) is 13.4. The van der Waals surface area contributed by atoms with E-state index in [9.17, 15) is 4.79 Å². The molecule has 0 aliphatic carbocycles. The Morgan fingerprint density at radius 3 is 2.50 bits per heavy atom. The first-order chi connectivity index (χ1) is 8.36. The second kappa shape index (κ2) is 6.52. The lowest BCUT2D eigenvalue weighted by Crippen LogP contribution is -2.40. The van der Waals surface area contributed by atoms with Gasteiger partial charge in [0.2, 0.25) is 0 Å². The zero-order chi connectivity index (χ0) is 13.8. The number of hydrogen-bond acceptors (Lipinski definition) is 2. The van der Waals surface area contributed by atoms with Crippen LogP contribution in [0, 0.1) is 8.99 Å². The molecule has 0 saturated heterocycles. The summed E-state index contributed by atoms with van der Waals surface area (Å²) in [5.41, 5.74) is 0.716. The van der Waals surface area contributed by atoms with Crippen molar-refractivity contribution in [3.8, 4) is 0 Å². The van der Waals surface area contributed by atoms with Crippen molar-refractivity contribution in [2.24, 2.45) is 5.41 Å². The molecule has 1 aromatic carbocycles. The summed E-state index contributed by atoms with van der Waals surface area (Å²) in [6, 6.07) is 7.54. The Balaban J connectivity index is 2.64. The van der Waals surface area contributed by atoms with E-state index >= 15 is 0 Å². The molecule has 0 aliphatic rings. The third-order valence-electron chi connectivity index (χ3n) is 2.82. The number of amides is 1. The minimum atomic E-state index is -0.0497. The van der Waals surface area contributed by atoms with Crippen LogP contribution in [0.15, 0.2) is 24.3 Å². The Morgan fingerprint density at radius 2 is 2.00 bits per heavy atom. The second-order valence-corrected chi connectivity index (χ2v) is 6.44. The molecule has 0 bridgehead atoms. The fraction of sp³-hybridized carbons (Fsp3) is 0.500. The van der Waals surface area contributed by atoms with Crippen molar-refractivity contribution >= 4 is 28.5 Å². The summed E-state index contributed by atoms with van der Waals surface area (Å²) < 4.78 is 6.37. The fourth-order valence-corrected chi connectivity index (χ4v) is 2.30. The smallest absolute Gasteiger partial charge is 0.252 e. The van der Waals surface area contributed by atoms with Gasteiger partial charge in [-0.25, -0.2) is 0 Å². The van der Waals surface area contributed by atoms with Crippen molar-refractivity contribution < 1.29 is 9.53 Å². The van der Waals surface area contributed by atoms with Crippen molar-refractivity contribution in [2.75, 3.05) is 13.7 Å². The van der Waals surface area contributed by atoms with E-state index in [0.717, 1.165) is 3.57 Å². The molecule has 100 valence electrons. The molecule has 0 fully saturated rings. The number of nitrogens with one attached hydrogen (secondary N) is 1. The highest BCUT2D eigenvalue weighted by Gasteiger charge is 2.25. The summed E-state index contributed by atoms with van der Waals surface area (Å²) in [7, 11) is 1.67. The summed E-state index contributed by atoms with van der Waals surface area (Å²) in [5.74, 6) is -0.0497. The van der Waals surface area contributed by atoms with Crippen LogP contribution in [0.2, 0.25) is 0 Å². The van der Waals surface area contributed by atoms with Crippen molar-refractivity contribution in [1.82, 2.24) is 5.32 Å². The Hall–Kier alpha value is -0.620. The van der Waals surface area contributed by atoms with Crippen LogP contribution < -0.4 is 5.32 Å². The van der Waals surface area contributed by atoms with Gasteiger partial charge in [-0.05, 0) is 40.1 Å². The predicted octanol–water partition coefficient (Wildman–Crippen LogP) is 3.08. The van der Waals surface area contributed by atoms with Crippen LogP contribution >= 0.6 is 22.6 Å². The normalized spacial score (nSPS) is 13.2. The lowest BCUT2D eigenvalue weighted by molar-refractivity contribution is 0.0176. The van der Waals surface area contributed by atoms with E-state index in [1.54, 1.807) is 7.11 Å². The molecule has 0 radical (unpaired) electrons. The monoisotopic (exact) mass is 361 g/mol. The maximum absolute atomic E-state index is 12.0. The molecule has 1 N–H and O–H groups in total. The van der Waals surface area contributed by atoms with E-state index < -0.39 is 0 Å². The Bertz CT molecular complexity index is 413. The van der Waals surface area contributed by atoms with Crippen molar-refractivity contribution in [1.29, 1.82) is 0 Å². The molecular weight excluding hydrogens is 341 g/mol. The summed E-state index contributed by atoms with van der Waals surface area (Å²) in [5, 5.41) is 2.93. The van der Waals surface area contributed by atoms with Gasteiger partial charge in [-0.2, -0.15) is 0 Å². The van der Waals surface area contributed by atoms with Gasteiger partial charge in [0, 0.05) is 17.2 Å². The number of rotatable bonds is 4. The maximum atomic E-state index is 12.0. The summed E-state index contributed by atoms with van der Waals surface area (Å²) in [4.78, 5) is 12.0. The number of halogens is 1. The number of hydrogen-bond donors (Lipinski definition) is 1. The number of carbonyl (C=O) groups is 1. The van der Waals surface area contributed by atoms with Crippen LogP contribution in [0.4, 0.5) is 0 Å². The van der Waals surface area contributed by atoms with E-state index in [-0.39, 0.29) is 17.4 Å². The lowest BCUT2D eigenvalue weighted by atomic mass is 9.89. The molecule has 3 nitrogen and oxygen atoms in total. The zero-order valence-electron chi connectivity index (χ0n) is 11.3. The minimum Gasteiger partial charge on any atom is -0.379 e. The SMILES string of the molecule is CO[C@H](CNC(=O)c1ccccc1I)C(C)(C)C. The summed E-state index contributed by atoms with van der Waals surface area (Å²) in [6.45, 7) is 6.81. The molecule has 0 aromatic heterocycles. The Labute approximate surface area is 122 Å². The number of ether oxygens (including phenoxy) is 1. The van der Waals surface area contributed by atoms with E-state index in [4.69, 9.17) is 4.74 Å². The van der Waals surface area contributed by atoms with Crippen molar-refractivity contribution in [2.45, 2.75) is 26.9 Å². The van der Waals surface area contributed by atoms with Gasteiger partial charge < -0.3 is 10.1 Å². The van der Waals surface area contributed by atoms with E-state index in [2.05, 4.69) is 48.7 Å². The molecule has 4 heteroatoms. The second-order valence-electron chi connectivity index (χ2n) is 5.28. The number of benzene rings is 1. The summed E-state index contributed by atoms with van der Waals surface area (Å²) in [6.07, 6.45) is 0.00261. The molecule has 18 heavy (non-hydrogen) atoms. The average Bonchev–Trinajstić information content (AvgIpc) is 2.28. The highest BCUT2D eigenvalue weighted by Crippen LogP contribution is 2.21. The van der Waals surface area contributed by atoms with Crippen LogP contribution in [-0.2, 0) is 4.74 Å². The van der Waals surface area contributed by atoms with Crippen LogP contribution in [0.3, 0.4) is 0 Å². The fourth-order valence-electron chi connectivity index (χ4n) is 1.67. The highest BCUT2D eigenvalue weighted by atomic mass is 127. The maximum Gasteiger partial charge on any atom is 0.252 e. The van der Waals surface area contributed by atoms with Crippen molar-refractivity contribution in [3.05, 3.63) is 33.4 Å². The topological polar surface area (TPSA) is 38.3 Å². The molecular formula is C14H20INO2. The van der Waals surface area contributed by atoms with E-state index in [1.165, 1.54) is 0 Å². The predicted molar refractivity (Wildman–Crippen MR) is 81.7 cm³/mol. The molecule has 1 amide bonds. The van der Waals surface area contributed by atoms with Crippen LogP contribution in [0.5, 0.6) is 0 Å². The third-order valence-corrected chi connectivity index (χ3v) is 3.76. The molecule has 0 saturated carbocycles. The number of methoxy groups -OCH3 is 1. The molecule has 0 unspecified atom stereocenters. The van der Waals surface area contributed by atoms with Gasteiger partial charge in [-0.15, -0.1) is 0 Å². The first-order valence-electron chi connectivity index (χ1n) is 5.91. The number of carbonyl (C=O) groups excluding carboxylic acids is 1. The quantitative estimate of drug-likeness (QED) is 0.838. The van der Waals surface area contributed by atoms with Gasteiger partial charge in [-0.1, -0.05) is 32.9 Å².